The van der Waals surface area contributed by atoms with E-state index < -0.39 is 17.8 Å². The zero-order valence-corrected chi connectivity index (χ0v) is 23.8. The average molecular weight is 583 g/mol. The van der Waals surface area contributed by atoms with Crippen LogP contribution in [0.5, 0.6) is 5.75 Å². The number of rotatable bonds is 8. The molecule has 0 unspecified atom stereocenters. The number of amides is 2. The van der Waals surface area contributed by atoms with E-state index in [0.717, 1.165) is 34.4 Å². The molecule has 2 amide bonds. The van der Waals surface area contributed by atoms with Crippen LogP contribution < -0.4 is 21.1 Å². The van der Waals surface area contributed by atoms with Gasteiger partial charge in [-0.3, -0.25) is 9.59 Å². The molecule has 0 spiro atoms. The zero-order valence-electron chi connectivity index (χ0n) is 23.0. The second-order valence-corrected chi connectivity index (χ2v) is 11.9. The van der Waals surface area contributed by atoms with Crippen LogP contribution in [-0.2, 0) is 13.0 Å². The van der Waals surface area contributed by atoms with Crippen molar-refractivity contribution in [2.24, 2.45) is 11.1 Å². The molecule has 42 heavy (non-hydrogen) atoms. The Labute approximate surface area is 246 Å². The number of ether oxygens (including phenoxy) is 1. The number of carboxylic acids is 1. The molecule has 0 radical (unpaired) electrons. The van der Waals surface area contributed by atoms with Crippen LogP contribution in [0.25, 0.3) is 21.6 Å². The van der Waals surface area contributed by atoms with Crippen LogP contribution in [0.15, 0.2) is 60.0 Å². The summed E-state index contributed by atoms with van der Waals surface area (Å²) in [6, 6.07) is 15.7. The predicted molar refractivity (Wildman–Crippen MR) is 161 cm³/mol. The minimum Gasteiger partial charge on any atom is -0.493 e. The highest BCUT2D eigenvalue weighted by molar-refractivity contribution is 7.13. The van der Waals surface area contributed by atoms with Crippen LogP contribution in [0.4, 0.5) is 5.69 Å². The van der Waals surface area contributed by atoms with Gasteiger partial charge in [0.2, 0.25) is 0 Å². The summed E-state index contributed by atoms with van der Waals surface area (Å²) in [5.74, 6) is -1.63. The van der Waals surface area contributed by atoms with Gasteiger partial charge in [0, 0.05) is 52.3 Å². The Kier molecular flexibility index (Phi) is 7.26. The standard InChI is InChI=1S/C32H30N4O5S/c1-32(10-11-32)17-34-30(38)25-7-6-21(27(36-25)31(39)40)22-15-26-24(28-19(8-12-41-26)9-13-42-28)14-23(22)29(37)35-20-4-2-18(16-33)3-5-20/h2-7,9,13-15H,8,10-12,16-17,33H2,1H3,(H,34,38)(H,35,37)(H,39,40). The second-order valence-electron chi connectivity index (χ2n) is 11.0. The van der Waals surface area contributed by atoms with E-state index in [1.165, 1.54) is 12.1 Å². The van der Waals surface area contributed by atoms with Crippen molar-refractivity contribution in [3.63, 3.8) is 0 Å². The number of carboxylic acid groups (broad SMARTS) is 1. The Bertz CT molecular complexity index is 1710. The molecular formula is C32H30N4O5S. The molecule has 4 aromatic rings. The number of pyridine rings is 1. The fourth-order valence-electron chi connectivity index (χ4n) is 4.99. The molecule has 1 saturated carbocycles. The van der Waals surface area contributed by atoms with Crippen LogP contribution >= 0.6 is 11.3 Å². The number of nitrogens with one attached hydrogen (secondary N) is 2. The second kappa shape index (κ2) is 11.0. The number of hydrogen-bond donors (Lipinski definition) is 4. The van der Waals surface area contributed by atoms with E-state index >= 15 is 0 Å². The highest BCUT2D eigenvalue weighted by Gasteiger charge is 2.37. The maximum Gasteiger partial charge on any atom is 0.355 e. The monoisotopic (exact) mass is 582 g/mol. The van der Waals surface area contributed by atoms with Crippen molar-refractivity contribution < 1.29 is 24.2 Å². The van der Waals surface area contributed by atoms with Gasteiger partial charge in [0.05, 0.1) is 6.61 Å². The van der Waals surface area contributed by atoms with Gasteiger partial charge in [0.1, 0.15) is 11.4 Å². The summed E-state index contributed by atoms with van der Waals surface area (Å²) in [5.41, 5.74) is 9.65. The molecule has 9 nitrogen and oxygen atoms in total. The third-order valence-corrected chi connectivity index (χ3v) is 8.82. The van der Waals surface area contributed by atoms with Gasteiger partial charge in [-0.2, -0.15) is 0 Å². The Balaban J connectivity index is 1.44. The Morgan fingerprint density at radius 1 is 1.02 bits per heavy atom. The van der Waals surface area contributed by atoms with E-state index in [4.69, 9.17) is 10.5 Å². The van der Waals surface area contributed by atoms with E-state index in [1.807, 2.05) is 23.6 Å². The summed E-state index contributed by atoms with van der Waals surface area (Å²) < 4.78 is 6.09. The first-order valence-electron chi connectivity index (χ1n) is 13.8. The number of fused-ring (bicyclic) bond motifs is 3. The summed E-state index contributed by atoms with van der Waals surface area (Å²) in [5, 5.41) is 18.0. The normalized spacial score (nSPS) is 14.5. The lowest BCUT2D eigenvalue weighted by atomic mass is 9.93. The number of nitrogens with zero attached hydrogens (tertiary/aromatic N) is 1. The van der Waals surface area contributed by atoms with Crippen LogP contribution in [0.2, 0.25) is 0 Å². The summed E-state index contributed by atoms with van der Waals surface area (Å²) >= 11 is 1.56. The number of carbonyl (C=O) groups is 3. The number of nitrogens with two attached hydrogens (primary N) is 1. The number of carbonyl (C=O) groups excluding carboxylic acids is 2. The van der Waals surface area contributed by atoms with Gasteiger partial charge in [0.25, 0.3) is 11.8 Å². The average Bonchev–Trinajstić information content (AvgIpc) is 3.61. The summed E-state index contributed by atoms with van der Waals surface area (Å²) in [4.78, 5) is 44.4. The van der Waals surface area contributed by atoms with Crippen LogP contribution in [0.3, 0.4) is 0 Å². The Morgan fingerprint density at radius 3 is 2.52 bits per heavy atom. The number of aromatic carboxylic acids is 1. The van der Waals surface area contributed by atoms with Gasteiger partial charge in [-0.25, -0.2) is 9.78 Å². The van der Waals surface area contributed by atoms with Crippen molar-refractivity contribution in [3.05, 3.63) is 88.1 Å². The maximum absolute atomic E-state index is 13.8. The number of benzene rings is 2. The zero-order chi connectivity index (χ0) is 29.4. The Morgan fingerprint density at radius 2 is 1.81 bits per heavy atom. The molecule has 0 saturated heterocycles. The molecule has 10 heteroatoms. The SMILES string of the molecule is CC1(CNC(=O)c2ccc(-c3cc4c(cc3C(=O)Nc3ccc(CN)cc3)-c3sccc3CCO4)c(C(=O)O)n2)CC1. The fraction of sp³-hybridized carbons (Fsp3) is 0.250. The molecular weight excluding hydrogens is 552 g/mol. The molecule has 2 aromatic heterocycles. The van der Waals surface area contributed by atoms with E-state index in [9.17, 15) is 19.5 Å². The van der Waals surface area contributed by atoms with Crippen LogP contribution in [-0.4, -0.2) is 41.0 Å². The van der Waals surface area contributed by atoms with Crippen molar-refractivity contribution in [1.82, 2.24) is 10.3 Å². The van der Waals surface area contributed by atoms with E-state index in [1.54, 1.807) is 35.6 Å². The number of aromatic nitrogens is 1. The molecule has 214 valence electrons. The largest absolute Gasteiger partial charge is 0.493 e. The summed E-state index contributed by atoms with van der Waals surface area (Å²) in [6.07, 6.45) is 2.79. The van der Waals surface area contributed by atoms with Crippen molar-refractivity contribution in [3.8, 4) is 27.3 Å². The third kappa shape index (κ3) is 5.50. The van der Waals surface area contributed by atoms with Gasteiger partial charge < -0.3 is 26.2 Å². The lowest BCUT2D eigenvalue weighted by Gasteiger charge is -2.17. The molecule has 3 heterocycles. The lowest BCUT2D eigenvalue weighted by Crippen LogP contribution is -2.30. The van der Waals surface area contributed by atoms with Crippen LogP contribution in [0, 0.1) is 5.41 Å². The minimum atomic E-state index is -1.31. The molecule has 5 N–H and O–H groups in total. The number of anilines is 1. The van der Waals surface area contributed by atoms with E-state index in [0.29, 0.717) is 43.1 Å². The maximum atomic E-state index is 13.8. The topological polar surface area (TPSA) is 144 Å². The first-order valence-corrected chi connectivity index (χ1v) is 14.6. The quantitative estimate of drug-likeness (QED) is 0.219. The van der Waals surface area contributed by atoms with E-state index in [-0.39, 0.29) is 27.9 Å². The van der Waals surface area contributed by atoms with Crippen molar-refractivity contribution >= 4 is 34.8 Å². The van der Waals surface area contributed by atoms with Gasteiger partial charge in [-0.05, 0) is 77.2 Å². The van der Waals surface area contributed by atoms with Crippen molar-refractivity contribution in [1.29, 1.82) is 0 Å². The van der Waals surface area contributed by atoms with E-state index in [2.05, 4.69) is 22.5 Å². The first-order chi connectivity index (χ1) is 20.2. The van der Waals surface area contributed by atoms with Gasteiger partial charge in [-0.1, -0.05) is 19.1 Å². The lowest BCUT2D eigenvalue weighted by molar-refractivity contribution is 0.0691. The molecule has 1 fully saturated rings. The molecule has 2 aliphatic rings. The summed E-state index contributed by atoms with van der Waals surface area (Å²) in [6.45, 7) is 3.41. The van der Waals surface area contributed by atoms with Gasteiger partial charge in [-0.15, -0.1) is 11.3 Å². The fourth-order valence-corrected chi connectivity index (χ4v) is 5.97. The van der Waals surface area contributed by atoms with Gasteiger partial charge >= 0.3 is 5.97 Å². The molecule has 6 rings (SSSR count). The van der Waals surface area contributed by atoms with Crippen LogP contribution in [0.1, 0.15) is 62.2 Å². The highest BCUT2D eigenvalue weighted by atomic mass is 32.1. The number of thiophene rings is 1. The molecule has 1 aliphatic heterocycles. The minimum absolute atomic E-state index is 0.000586. The van der Waals surface area contributed by atoms with Gasteiger partial charge in [0.15, 0.2) is 5.69 Å². The van der Waals surface area contributed by atoms with Crippen molar-refractivity contribution in [2.45, 2.75) is 32.7 Å². The third-order valence-electron chi connectivity index (χ3n) is 7.83. The number of hydrogen-bond acceptors (Lipinski definition) is 7. The molecule has 0 atom stereocenters. The Hall–Kier alpha value is -4.54. The predicted octanol–water partition coefficient (Wildman–Crippen LogP) is 5.35. The van der Waals surface area contributed by atoms with Crippen molar-refractivity contribution in [2.75, 3.05) is 18.5 Å². The highest BCUT2D eigenvalue weighted by Crippen LogP contribution is 2.44. The summed E-state index contributed by atoms with van der Waals surface area (Å²) in [7, 11) is 0. The first kappa shape index (κ1) is 27.6. The molecule has 1 aliphatic carbocycles. The molecule has 2 aromatic carbocycles. The smallest absolute Gasteiger partial charge is 0.355 e. The molecule has 0 bridgehead atoms.